The first-order valence-corrected chi connectivity index (χ1v) is 9.70. The molecule has 1 heterocycles. The maximum absolute atomic E-state index is 12.1. The number of nitrogens with zero attached hydrogens (tertiary/aromatic N) is 2. The average Bonchev–Trinajstić information content (AvgIpc) is 2.68. The number of ether oxygens (including phenoxy) is 1. The number of carbonyl (C=O) groups is 1. The smallest absolute Gasteiger partial charge is 0.339 e. The highest BCUT2D eigenvalue weighted by atomic mass is 16.5. The zero-order valence-electron chi connectivity index (χ0n) is 17.6. The van der Waals surface area contributed by atoms with Crippen molar-refractivity contribution < 1.29 is 9.53 Å². The van der Waals surface area contributed by atoms with Gasteiger partial charge in [-0.3, -0.25) is 0 Å². The quantitative estimate of drug-likeness (QED) is 0.563. The van der Waals surface area contributed by atoms with Gasteiger partial charge < -0.3 is 15.0 Å². The van der Waals surface area contributed by atoms with E-state index in [9.17, 15) is 4.79 Å². The molecule has 0 saturated carbocycles. The van der Waals surface area contributed by atoms with Crippen LogP contribution < -0.4 is 20.4 Å². The van der Waals surface area contributed by atoms with Crippen LogP contribution in [0.15, 0.2) is 53.6 Å². The van der Waals surface area contributed by atoms with E-state index in [1.54, 1.807) is 25.5 Å². The number of likely N-dealkylation sites (N-methyl/N-ethyl adjacent to an activating group) is 1. The van der Waals surface area contributed by atoms with Crippen LogP contribution in [0.2, 0.25) is 0 Å². The first kappa shape index (κ1) is 20.5. The van der Waals surface area contributed by atoms with Crippen molar-refractivity contribution in [2.45, 2.75) is 33.2 Å². The average molecular weight is 393 g/mol. The number of fused-ring (bicyclic) bond motifs is 1. The zero-order chi connectivity index (χ0) is 21.0. The Labute approximate surface area is 172 Å². The normalized spacial score (nSPS) is 14.9. The van der Waals surface area contributed by atoms with Crippen molar-refractivity contribution in [1.29, 1.82) is 0 Å². The van der Waals surface area contributed by atoms with E-state index < -0.39 is 6.03 Å². The minimum absolute atomic E-state index is 0.0143. The number of hydrogen-bond acceptors (Lipinski definition) is 4. The molecule has 0 bridgehead atoms. The van der Waals surface area contributed by atoms with Gasteiger partial charge in [-0.05, 0) is 63.1 Å². The van der Waals surface area contributed by atoms with E-state index in [1.165, 1.54) is 16.8 Å². The first-order chi connectivity index (χ1) is 13.9. The summed E-state index contributed by atoms with van der Waals surface area (Å²) in [7, 11) is 1.56. The maximum atomic E-state index is 12.1. The largest absolute Gasteiger partial charge is 0.495 e. The van der Waals surface area contributed by atoms with Gasteiger partial charge in [-0.15, -0.1) is 0 Å². The van der Waals surface area contributed by atoms with E-state index in [2.05, 4.69) is 66.6 Å². The summed E-state index contributed by atoms with van der Waals surface area (Å²) in [5.74, 6) is 0.590. The Bertz CT molecular complexity index is 963. The standard InChI is InChI=1S/C23H28N4O2/c1-6-27-20-12-11-17(13-18(20)16(2)14-23(27,3)4)15-24-26-22(28)25-19-9-7-8-10-21(19)29-5/h7-15H,6H2,1-5H3,(H2,25,26,28)/b24-15-. The Hall–Kier alpha value is -3.28. The summed E-state index contributed by atoms with van der Waals surface area (Å²) in [5.41, 5.74) is 7.63. The van der Waals surface area contributed by atoms with Crippen molar-refractivity contribution >= 4 is 29.2 Å². The summed E-state index contributed by atoms with van der Waals surface area (Å²) in [5, 5.41) is 6.80. The van der Waals surface area contributed by atoms with Crippen LogP contribution in [0, 0.1) is 0 Å². The molecule has 2 aromatic carbocycles. The molecule has 0 atom stereocenters. The van der Waals surface area contributed by atoms with Crippen LogP contribution in [-0.2, 0) is 0 Å². The summed E-state index contributed by atoms with van der Waals surface area (Å²) in [6, 6.07) is 13.0. The highest BCUT2D eigenvalue weighted by Gasteiger charge is 2.29. The molecule has 6 heteroatoms. The van der Waals surface area contributed by atoms with E-state index >= 15 is 0 Å². The van der Waals surface area contributed by atoms with Gasteiger partial charge in [0.15, 0.2) is 0 Å². The SMILES string of the molecule is CCN1c2ccc(/C=N\NC(=O)Nc3ccccc3OC)cc2C(C)=CC1(C)C. The van der Waals surface area contributed by atoms with E-state index in [0.29, 0.717) is 11.4 Å². The summed E-state index contributed by atoms with van der Waals surface area (Å²) < 4.78 is 5.23. The van der Waals surface area contributed by atoms with Gasteiger partial charge in [0.25, 0.3) is 0 Å². The molecule has 3 rings (SSSR count). The number of nitrogens with one attached hydrogen (secondary N) is 2. The molecule has 1 aliphatic rings. The fourth-order valence-corrected chi connectivity index (χ4v) is 3.82. The molecule has 0 unspecified atom stereocenters. The predicted molar refractivity (Wildman–Crippen MR) is 120 cm³/mol. The summed E-state index contributed by atoms with van der Waals surface area (Å²) in [6.07, 6.45) is 3.93. The fourth-order valence-electron chi connectivity index (χ4n) is 3.82. The maximum Gasteiger partial charge on any atom is 0.339 e. The number of allylic oxidation sites excluding steroid dienone is 1. The third-order valence-corrected chi connectivity index (χ3v) is 5.05. The van der Waals surface area contributed by atoms with Crippen molar-refractivity contribution in [1.82, 2.24) is 5.43 Å². The molecule has 2 amide bonds. The van der Waals surface area contributed by atoms with Crippen LogP contribution in [0.5, 0.6) is 5.75 Å². The highest BCUT2D eigenvalue weighted by molar-refractivity contribution is 5.92. The lowest BCUT2D eigenvalue weighted by molar-refractivity contribution is 0.252. The first-order valence-electron chi connectivity index (χ1n) is 9.70. The van der Waals surface area contributed by atoms with Crippen LogP contribution >= 0.6 is 0 Å². The van der Waals surface area contributed by atoms with Crippen molar-refractivity contribution in [3.05, 3.63) is 59.7 Å². The van der Waals surface area contributed by atoms with E-state index in [1.807, 2.05) is 18.2 Å². The lowest BCUT2D eigenvalue weighted by Crippen LogP contribution is -2.44. The molecule has 2 aromatic rings. The number of urea groups is 1. The number of hydrazone groups is 1. The molecule has 0 aromatic heterocycles. The van der Waals surface area contributed by atoms with Gasteiger partial charge in [-0.2, -0.15) is 5.10 Å². The minimum atomic E-state index is -0.432. The van der Waals surface area contributed by atoms with Crippen LogP contribution in [-0.4, -0.2) is 31.4 Å². The Kier molecular flexibility index (Phi) is 5.92. The van der Waals surface area contributed by atoms with Crippen molar-refractivity contribution in [2.24, 2.45) is 5.10 Å². The summed E-state index contributed by atoms with van der Waals surface area (Å²) >= 11 is 0. The van der Waals surface area contributed by atoms with Gasteiger partial charge in [0.1, 0.15) is 5.75 Å². The van der Waals surface area contributed by atoms with Crippen molar-refractivity contribution in [3.63, 3.8) is 0 Å². The number of amides is 2. The third-order valence-electron chi connectivity index (χ3n) is 5.05. The van der Waals surface area contributed by atoms with Gasteiger partial charge in [0, 0.05) is 17.8 Å². The Morgan fingerprint density at radius 1 is 1.24 bits per heavy atom. The molecule has 6 nitrogen and oxygen atoms in total. The molecule has 2 N–H and O–H groups in total. The molecule has 0 spiro atoms. The number of methoxy groups -OCH3 is 1. The third kappa shape index (κ3) is 4.42. The number of anilines is 2. The molecule has 29 heavy (non-hydrogen) atoms. The molecular weight excluding hydrogens is 364 g/mol. The zero-order valence-corrected chi connectivity index (χ0v) is 17.6. The van der Waals surface area contributed by atoms with E-state index in [-0.39, 0.29) is 5.54 Å². The highest BCUT2D eigenvalue weighted by Crippen LogP contribution is 2.38. The van der Waals surface area contributed by atoms with Crippen LogP contribution in [0.3, 0.4) is 0 Å². The van der Waals surface area contributed by atoms with Crippen LogP contribution in [0.1, 0.15) is 38.8 Å². The monoisotopic (exact) mass is 392 g/mol. The number of rotatable bonds is 5. The number of benzene rings is 2. The summed E-state index contributed by atoms with van der Waals surface area (Å²) in [4.78, 5) is 14.5. The van der Waals surface area contributed by atoms with E-state index in [0.717, 1.165) is 12.1 Å². The van der Waals surface area contributed by atoms with Crippen LogP contribution in [0.25, 0.3) is 5.57 Å². The van der Waals surface area contributed by atoms with Crippen LogP contribution in [0.4, 0.5) is 16.2 Å². The Morgan fingerprint density at radius 2 is 2.00 bits per heavy atom. The number of para-hydroxylation sites is 2. The minimum Gasteiger partial charge on any atom is -0.495 e. The van der Waals surface area contributed by atoms with Gasteiger partial charge >= 0.3 is 6.03 Å². The topological polar surface area (TPSA) is 66.0 Å². The molecule has 0 fully saturated rings. The van der Waals surface area contributed by atoms with Crippen molar-refractivity contribution in [2.75, 3.05) is 23.9 Å². The molecule has 0 radical (unpaired) electrons. The van der Waals surface area contributed by atoms with Gasteiger partial charge in [0.2, 0.25) is 0 Å². The summed E-state index contributed by atoms with van der Waals surface area (Å²) in [6.45, 7) is 9.68. The van der Waals surface area contributed by atoms with Gasteiger partial charge in [-0.25, -0.2) is 10.2 Å². The fraction of sp³-hybridized carbons (Fsp3) is 0.304. The molecule has 0 aliphatic carbocycles. The lowest BCUT2D eigenvalue weighted by Gasteiger charge is -2.42. The Morgan fingerprint density at radius 3 is 2.72 bits per heavy atom. The molecular formula is C23H28N4O2. The van der Waals surface area contributed by atoms with Crippen molar-refractivity contribution in [3.8, 4) is 5.75 Å². The molecule has 0 saturated heterocycles. The second-order valence-corrected chi connectivity index (χ2v) is 7.53. The second-order valence-electron chi connectivity index (χ2n) is 7.53. The van der Waals surface area contributed by atoms with Gasteiger partial charge in [-0.1, -0.05) is 24.3 Å². The molecule has 1 aliphatic heterocycles. The number of hydrogen-bond donors (Lipinski definition) is 2. The molecule has 152 valence electrons. The van der Waals surface area contributed by atoms with E-state index in [4.69, 9.17) is 4.74 Å². The lowest BCUT2D eigenvalue weighted by atomic mass is 9.88. The Balaban J connectivity index is 1.71. The number of carbonyl (C=O) groups excluding carboxylic acids is 1. The van der Waals surface area contributed by atoms with Gasteiger partial charge in [0.05, 0.1) is 24.6 Å². The second kappa shape index (κ2) is 8.39. The predicted octanol–water partition coefficient (Wildman–Crippen LogP) is 4.87.